The minimum Gasteiger partial charge on any atom is -0.631 e. The summed E-state index contributed by atoms with van der Waals surface area (Å²) in [6, 6.07) is 0.407. The lowest BCUT2D eigenvalue weighted by molar-refractivity contribution is -0.236. The largest absolute Gasteiger partial charge is 0.631 e. The summed E-state index contributed by atoms with van der Waals surface area (Å²) in [4.78, 5) is 46.3. The molecule has 8 heteroatoms. The zero-order chi connectivity index (χ0) is 24.4. The van der Waals surface area contributed by atoms with Gasteiger partial charge in [0.25, 0.3) is 7.94 Å². The van der Waals surface area contributed by atoms with E-state index in [-0.39, 0.29) is 31.7 Å². The van der Waals surface area contributed by atoms with E-state index in [0.717, 1.165) is 76.9 Å². The van der Waals surface area contributed by atoms with Gasteiger partial charge in [-0.25, -0.2) is 13.8 Å². The number of hydroxylamine groups is 2. The van der Waals surface area contributed by atoms with Crippen molar-refractivity contribution in [1.29, 1.82) is 0 Å². The molecule has 1 radical (unpaired) electrons. The summed E-state index contributed by atoms with van der Waals surface area (Å²) in [5, 5.41) is 1.96. The van der Waals surface area contributed by atoms with Crippen molar-refractivity contribution < 1.29 is 28.4 Å². The SMILES string of the molecule is CCO[P+]([O-])(OCC)C(CC1(C=[O+])CCCCC1)C(=O)ON(C1CCCCC1)C1CCCCC1. The fourth-order valence-electron chi connectivity index (χ4n) is 6.20. The fraction of sp³-hybridized carbons (Fsp3) is 0.923. The lowest BCUT2D eigenvalue weighted by atomic mass is 9.72. The van der Waals surface area contributed by atoms with Crippen LogP contribution in [0.1, 0.15) is 117 Å². The molecule has 0 spiro atoms. The minimum absolute atomic E-state index is 0.162. The van der Waals surface area contributed by atoms with Crippen LogP contribution in [0.15, 0.2) is 0 Å². The highest BCUT2D eigenvalue weighted by Gasteiger charge is 2.54. The van der Waals surface area contributed by atoms with Crippen molar-refractivity contribution in [3.8, 4) is 0 Å². The Morgan fingerprint density at radius 2 is 1.41 bits per heavy atom. The van der Waals surface area contributed by atoms with E-state index in [2.05, 4.69) is 0 Å². The Hall–Kier alpha value is -0.590. The van der Waals surface area contributed by atoms with Crippen LogP contribution in [0.4, 0.5) is 0 Å². The van der Waals surface area contributed by atoms with Crippen molar-refractivity contribution >= 4 is 20.2 Å². The molecule has 7 nitrogen and oxygen atoms in total. The van der Waals surface area contributed by atoms with Gasteiger partial charge in [0, 0.05) is 18.5 Å². The van der Waals surface area contributed by atoms with E-state index in [1.54, 1.807) is 13.8 Å². The zero-order valence-electron chi connectivity index (χ0n) is 21.4. The van der Waals surface area contributed by atoms with Gasteiger partial charge in [-0.1, -0.05) is 57.8 Å². The van der Waals surface area contributed by atoms with Crippen LogP contribution in [0.25, 0.3) is 0 Å². The van der Waals surface area contributed by atoms with Crippen molar-refractivity contribution in [2.45, 2.75) is 134 Å². The van der Waals surface area contributed by atoms with Crippen LogP contribution in [0, 0.1) is 5.41 Å². The molecule has 0 aromatic carbocycles. The molecule has 0 saturated heterocycles. The maximum absolute atomic E-state index is 13.9. The Bertz CT molecular complexity index is 605. The highest BCUT2D eigenvalue weighted by Crippen LogP contribution is 2.61. The molecule has 0 amide bonds. The number of rotatable bonds is 12. The summed E-state index contributed by atoms with van der Waals surface area (Å²) in [6.45, 7) is 3.84. The number of hydrogen-bond acceptors (Lipinski definition) is 7. The first-order chi connectivity index (χ1) is 16.5. The Morgan fingerprint density at radius 3 is 1.85 bits per heavy atom. The molecule has 3 saturated carbocycles. The monoisotopic (exact) mass is 499 g/mol. The van der Waals surface area contributed by atoms with Gasteiger partial charge in [0.2, 0.25) is 10.5 Å². The van der Waals surface area contributed by atoms with Gasteiger partial charge >= 0.3 is 12.3 Å². The molecule has 0 aromatic rings. The van der Waals surface area contributed by atoms with E-state index < -0.39 is 25.0 Å². The third-order valence-electron chi connectivity index (χ3n) is 8.04. The zero-order valence-corrected chi connectivity index (χ0v) is 22.3. The molecular formula is C26H46NO6P+. The Morgan fingerprint density at radius 1 is 0.941 bits per heavy atom. The topological polar surface area (TPSA) is 91.0 Å². The van der Waals surface area contributed by atoms with Gasteiger partial charge in [0.1, 0.15) is 0 Å². The molecule has 34 heavy (non-hydrogen) atoms. The number of hydrogen-bond donors (Lipinski definition) is 0. The molecule has 3 rings (SSSR count). The van der Waals surface area contributed by atoms with Gasteiger partial charge in [-0.15, -0.1) is 5.06 Å². The van der Waals surface area contributed by atoms with E-state index in [1.807, 2.05) is 5.06 Å². The predicted molar refractivity (Wildman–Crippen MR) is 132 cm³/mol. The Balaban J connectivity index is 1.87. The summed E-state index contributed by atoms with van der Waals surface area (Å²) in [6.07, 6.45) is 16.6. The van der Waals surface area contributed by atoms with Gasteiger partial charge in [0.05, 0.1) is 18.6 Å². The summed E-state index contributed by atoms with van der Waals surface area (Å²) in [7, 11) is -3.80. The van der Waals surface area contributed by atoms with Crippen molar-refractivity contribution in [2.24, 2.45) is 5.41 Å². The molecule has 3 aliphatic rings. The van der Waals surface area contributed by atoms with E-state index in [4.69, 9.17) is 13.9 Å². The first-order valence-electron chi connectivity index (χ1n) is 13.8. The van der Waals surface area contributed by atoms with Gasteiger partial charge < -0.3 is 9.73 Å². The standard InChI is InChI=1S/C26H46NO6P/c1-3-31-34(30,32-4-2)24(20-26(21-28)18-12-7-13-19-26)25(29)33-27(22-14-8-5-9-15-22)23-16-10-6-11-17-23/h21-24H,3-20H2,1-2H3/q+1. The summed E-state index contributed by atoms with van der Waals surface area (Å²) in [5.41, 5.74) is -1.77. The summed E-state index contributed by atoms with van der Waals surface area (Å²) >= 11 is 0. The van der Waals surface area contributed by atoms with Crippen LogP contribution in [-0.4, -0.2) is 48.3 Å². The van der Waals surface area contributed by atoms with Crippen LogP contribution in [-0.2, 0) is 23.5 Å². The molecule has 195 valence electrons. The summed E-state index contributed by atoms with van der Waals surface area (Å²) < 4.78 is 11.3. The Kier molecular flexibility index (Phi) is 11.2. The highest BCUT2D eigenvalue weighted by atomic mass is 31.2. The molecule has 0 aromatic heterocycles. The highest BCUT2D eigenvalue weighted by molar-refractivity contribution is 7.61. The second kappa shape index (κ2) is 13.6. The second-order valence-corrected chi connectivity index (χ2v) is 12.7. The van der Waals surface area contributed by atoms with Gasteiger partial charge in [-0.3, -0.25) is 0 Å². The number of carbonyl (C=O) groups excluding carboxylic acids is 2. The first kappa shape index (κ1) is 28.0. The van der Waals surface area contributed by atoms with E-state index in [0.29, 0.717) is 12.8 Å². The van der Waals surface area contributed by atoms with Crippen LogP contribution in [0.5, 0.6) is 0 Å². The minimum atomic E-state index is -3.80. The molecule has 1 atom stereocenters. The summed E-state index contributed by atoms with van der Waals surface area (Å²) in [5.74, 6) is -0.548. The molecule has 0 aliphatic heterocycles. The molecule has 0 bridgehead atoms. The van der Waals surface area contributed by atoms with Crippen molar-refractivity contribution in [3.63, 3.8) is 0 Å². The van der Waals surface area contributed by atoms with Crippen LogP contribution < -0.4 is 4.89 Å². The van der Waals surface area contributed by atoms with Crippen molar-refractivity contribution in [3.05, 3.63) is 0 Å². The molecule has 0 heterocycles. The van der Waals surface area contributed by atoms with Gasteiger partial charge in [-0.2, -0.15) is 0 Å². The van der Waals surface area contributed by atoms with Crippen LogP contribution >= 0.6 is 7.94 Å². The van der Waals surface area contributed by atoms with E-state index in [9.17, 15) is 14.5 Å². The molecule has 3 fully saturated rings. The number of carbonyl (C=O) groups is 2. The van der Waals surface area contributed by atoms with Gasteiger partial charge in [-0.05, 0) is 52.4 Å². The number of aldehydes is 1. The van der Waals surface area contributed by atoms with Crippen LogP contribution in [0.3, 0.4) is 0 Å². The van der Waals surface area contributed by atoms with E-state index in [1.165, 1.54) is 12.8 Å². The van der Waals surface area contributed by atoms with Gasteiger partial charge in [0.15, 0.2) is 0 Å². The maximum atomic E-state index is 13.9. The number of nitrogens with zero attached hydrogens (tertiary/aromatic N) is 1. The second-order valence-electron chi connectivity index (χ2n) is 10.5. The smallest absolute Gasteiger partial charge is 0.439 e. The molecule has 1 unspecified atom stereocenters. The lowest BCUT2D eigenvalue weighted by Gasteiger charge is -2.41. The van der Waals surface area contributed by atoms with E-state index >= 15 is 0 Å². The third kappa shape index (κ3) is 7.22. The van der Waals surface area contributed by atoms with Crippen molar-refractivity contribution in [2.75, 3.05) is 13.2 Å². The Labute approximate surface area is 206 Å². The lowest BCUT2D eigenvalue weighted by Crippen LogP contribution is -2.49. The van der Waals surface area contributed by atoms with Crippen LogP contribution in [0.2, 0.25) is 0 Å². The maximum Gasteiger partial charge on any atom is 0.439 e. The average Bonchev–Trinajstić information content (AvgIpc) is 2.87. The normalized spacial score (nSPS) is 23.5. The fourth-order valence-corrected chi connectivity index (χ4v) is 8.24. The van der Waals surface area contributed by atoms with Crippen molar-refractivity contribution in [1.82, 2.24) is 5.06 Å². The molecule has 3 aliphatic carbocycles. The first-order valence-corrected chi connectivity index (χ1v) is 15.4. The quantitative estimate of drug-likeness (QED) is 0.151. The predicted octanol–water partition coefficient (Wildman–Crippen LogP) is 5.52. The molecular weight excluding hydrogens is 453 g/mol. The third-order valence-corrected chi connectivity index (χ3v) is 10.4. The molecule has 0 N–H and O–H groups in total. The average molecular weight is 500 g/mol.